The Kier molecular flexibility index (Phi) is 32.3. The summed E-state index contributed by atoms with van der Waals surface area (Å²) in [5, 5.41) is 0. The summed E-state index contributed by atoms with van der Waals surface area (Å²) in [5.74, 6) is 0.271. The lowest BCUT2D eigenvalue weighted by molar-refractivity contribution is -0.162. The molecular weight excluding hydrogens is 781 g/mol. The van der Waals surface area contributed by atoms with Crippen LogP contribution < -0.4 is 0 Å². The second kappa shape index (κ2) is 37.0. The lowest BCUT2D eigenvalue weighted by Crippen LogP contribution is -2.45. The average molecular weight is 873 g/mol. The Bertz CT molecular complexity index is 1150. The Balaban J connectivity index is 1.37. The number of unbranched alkanes of at least 4 members (excludes halogenated alkanes) is 8. The van der Waals surface area contributed by atoms with Crippen molar-refractivity contribution < 1.29 is 38.1 Å². The summed E-state index contributed by atoms with van der Waals surface area (Å²) >= 11 is 0. The van der Waals surface area contributed by atoms with Crippen molar-refractivity contribution in [3.8, 4) is 0 Å². The zero-order chi connectivity index (χ0) is 44.1. The van der Waals surface area contributed by atoms with Crippen molar-refractivity contribution in [1.82, 2.24) is 9.80 Å². The van der Waals surface area contributed by atoms with E-state index < -0.39 is 12.2 Å². The molecule has 3 fully saturated rings. The number of rotatable bonds is 36. The number of ether oxygens (including phenoxy) is 5. The molecule has 2 aliphatic carbocycles. The molecule has 0 aromatic heterocycles. The van der Waals surface area contributed by atoms with E-state index in [2.05, 4.69) is 48.1 Å². The van der Waals surface area contributed by atoms with Crippen LogP contribution in [0.5, 0.6) is 0 Å². The summed E-state index contributed by atoms with van der Waals surface area (Å²) in [7, 11) is 2.11. The van der Waals surface area contributed by atoms with Crippen LogP contribution in [0.2, 0.25) is 0 Å². The first-order chi connectivity index (χ1) is 30.4. The molecular formula is C52H92N2O8. The molecule has 10 nitrogen and oxygen atoms in total. The first kappa shape index (κ1) is 54.1. The first-order valence-electron chi connectivity index (χ1n) is 25.8. The van der Waals surface area contributed by atoms with Crippen molar-refractivity contribution in [1.29, 1.82) is 0 Å². The molecule has 0 aromatic carbocycles. The van der Waals surface area contributed by atoms with E-state index in [-0.39, 0.29) is 44.1 Å². The second-order valence-electron chi connectivity index (χ2n) is 18.8. The molecule has 1 aliphatic heterocycles. The van der Waals surface area contributed by atoms with Gasteiger partial charge in [0.25, 0.3) is 0 Å². The molecule has 1 heterocycles. The molecule has 10 heteroatoms. The maximum absolute atomic E-state index is 13.1. The summed E-state index contributed by atoms with van der Waals surface area (Å²) in [6.45, 7) is 8.10. The third-order valence-corrected chi connectivity index (χ3v) is 13.2. The maximum Gasteiger partial charge on any atom is 0.307 e. The molecule has 3 rings (SSSR count). The van der Waals surface area contributed by atoms with Gasteiger partial charge in [-0.2, -0.15) is 0 Å². The third kappa shape index (κ3) is 29.2. The van der Waals surface area contributed by atoms with E-state index in [1.807, 2.05) is 0 Å². The molecule has 1 atom stereocenters. The quantitative estimate of drug-likeness (QED) is 0.0199. The summed E-state index contributed by atoms with van der Waals surface area (Å²) in [6, 6.07) is 0. The topological polar surface area (TPSA) is 104 Å². The van der Waals surface area contributed by atoms with Crippen LogP contribution in [-0.2, 0) is 38.1 Å². The van der Waals surface area contributed by atoms with Gasteiger partial charge in [-0.3, -0.25) is 14.4 Å². The van der Waals surface area contributed by atoms with Crippen molar-refractivity contribution in [2.75, 3.05) is 72.8 Å². The molecule has 0 N–H and O–H groups in total. The highest BCUT2D eigenvalue weighted by atomic mass is 16.7. The number of esters is 3. The third-order valence-electron chi connectivity index (χ3n) is 13.2. The van der Waals surface area contributed by atoms with Gasteiger partial charge in [0.05, 0.1) is 18.8 Å². The number of nitrogens with zero attached hydrogens (tertiary/aromatic N) is 2. The van der Waals surface area contributed by atoms with Gasteiger partial charge < -0.3 is 33.5 Å². The average Bonchev–Trinajstić information content (AvgIpc) is 3.29. The van der Waals surface area contributed by atoms with Gasteiger partial charge in [0.1, 0.15) is 19.8 Å². The van der Waals surface area contributed by atoms with Crippen LogP contribution in [0.1, 0.15) is 193 Å². The van der Waals surface area contributed by atoms with Crippen molar-refractivity contribution in [2.45, 2.75) is 199 Å². The van der Waals surface area contributed by atoms with E-state index in [0.29, 0.717) is 39.0 Å². The number of hydrogen-bond donors (Lipinski definition) is 0. The van der Waals surface area contributed by atoms with Crippen LogP contribution in [0.25, 0.3) is 0 Å². The van der Waals surface area contributed by atoms with Gasteiger partial charge in [0.2, 0.25) is 0 Å². The van der Waals surface area contributed by atoms with Gasteiger partial charge >= 0.3 is 17.9 Å². The normalized spacial score (nSPS) is 17.9. The van der Waals surface area contributed by atoms with Crippen LogP contribution in [0.4, 0.5) is 0 Å². The van der Waals surface area contributed by atoms with Crippen LogP contribution in [0.3, 0.4) is 0 Å². The van der Waals surface area contributed by atoms with E-state index in [1.165, 1.54) is 103 Å². The summed E-state index contributed by atoms with van der Waals surface area (Å²) < 4.78 is 29.5. The minimum Gasteiger partial charge on any atom is -0.465 e. The van der Waals surface area contributed by atoms with Gasteiger partial charge in [0, 0.05) is 58.8 Å². The molecule has 3 aliphatic rings. The highest BCUT2D eigenvalue weighted by molar-refractivity contribution is 5.70. The molecule has 0 aromatic rings. The molecule has 2 saturated carbocycles. The molecule has 0 radical (unpaired) electrons. The monoisotopic (exact) mass is 873 g/mol. The van der Waals surface area contributed by atoms with Crippen LogP contribution in [0.15, 0.2) is 24.3 Å². The largest absolute Gasteiger partial charge is 0.465 e. The SMILES string of the molecule is CCCCC/C=C\C/C=C\CCCCCCCC(=O)OCC(COC(=O)CCC(OCCCC1CCCCC1)OCCCC1CCCCC1)COC(=O)CCN1CCN(C)CC1. The second-order valence-corrected chi connectivity index (χ2v) is 18.8. The van der Waals surface area contributed by atoms with E-state index >= 15 is 0 Å². The van der Waals surface area contributed by atoms with Gasteiger partial charge in [-0.15, -0.1) is 0 Å². The molecule has 0 bridgehead atoms. The molecule has 0 amide bonds. The zero-order valence-corrected chi connectivity index (χ0v) is 39.9. The summed E-state index contributed by atoms with van der Waals surface area (Å²) in [5.41, 5.74) is 0. The molecule has 1 saturated heterocycles. The number of hydrogen-bond acceptors (Lipinski definition) is 10. The van der Waals surface area contributed by atoms with E-state index in [0.717, 1.165) is 95.8 Å². The Morgan fingerprint density at radius 1 is 0.565 bits per heavy atom. The van der Waals surface area contributed by atoms with Crippen LogP contribution in [-0.4, -0.2) is 107 Å². The predicted octanol–water partition coefficient (Wildman–Crippen LogP) is 11.5. The summed E-state index contributed by atoms with van der Waals surface area (Å²) in [4.78, 5) is 43.2. The lowest BCUT2D eigenvalue weighted by Gasteiger charge is -2.32. The molecule has 358 valence electrons. The lowest BCUT2D eigenvalue weighted by atomic mass is 9.86. The minimum absolute atomic E-state index is 0.0106. The standard InChI is InChI=1S/C52H92N2O8/c1-3-4-5-6-7-8-9-10-11-12-13-14-15-16-23-32-49(55)60-43-48(45-62-51(57)35-36-54-39-37-53(2)38-40-54)44-61-50(56)33-34-52(58-41-24-30-46-26-19-17-20-27-46)59-42-25-31-47-28-21-18-22-29-47/h7-8,10-11,46-48,52H,3-6,9,12-45H2,1-2H3/b8-7-,11-10-. The number of carbonyl (C=O) groups is 3. The maximum atomic E-state index is 13.1. The van der Waals surface area contributed by atoms with Gasteiger partial charge in [-0.1, -0.05) is 128 Å². The van der Waals surface area contributed by atoms with E-state index in [9.17, 15) is 14.4 Å². The Hall–Kier alpha value is -2.27. The summed E-state index contributed by atoms with van der Waals surface area (Å²) in [6.07, 6.45) is 40.1. The highest BCUT2D eigenvalue weighted by Crippen LogP contribution is 2.28. The van der Waals surface area contributed by atoms with Gasteiger partial charge in [0.15, 0.2) is 6.29 Å². The Morgan fingerprint density at radius 2 is 1.06 bits per heavy atom. The van der Waals surface area contributed by atoms with Crippen molar-refractivity contribution in [3.05, 3.63) is 24.3 Å². The smallest absolute Gasteiger partial charge is 0.307 e. The van der Waals surface area contributed by atoms with Crippen LogP contribution in [0, 0.1) is 17.8 Å². The van der Waals surface area contributed by atoms with Crippen molar-refractivity contribution in [2.24, 2.45) is 17.8 Å². The van der Waals surface area contributed by atoms with Gasteiger partial charge in [-0.05, 0) is 83.1 Å². The van der Waals surface area contributed by atoms with Crippen molar-refractivity contribution >= 4 is 17.9 Å². The Morgan fingerprint density at radius 3 is 1.63 bits per heavy atom. The number of piperazine rings is 1. The fourth-order valence-electron chi connectivity index (χ4n) is 8.97. The minimum atomic E-state index is -0.442. The molecule has 0 spiro atoms. The number of allylic oxidation sites excluding steroid dienone is 4. The van der Waals surface area contributed by atoms with E-state index in [4.69, 9.17) is 23.7 Å². The number of carbonyl (C=O) groups excluding carboxylic acids is 3. The fraction of sp³-hybridized carbons (Fsp3) is 0.865. The van der Waals surface area contributed by atoms with Gasteiger partial charge in [-0.25, -0.2) is 0 Å². The zero-order valence-electron chi connectivity index (χ0n) is 39.9. The van der Waals surface area contributed by atoms with Crippen LogP contribution >= 0.6 is 0 Å². The Labute approximate surface area is 379 Å². The molecule has 1 unspecified atom stereocenters. The van der Waals surface area contributed by atoms with Crippen molar-refractivity contribution in [3.63, 3.8) is 0 Å². The predicted molar refractivity (Wildman–Crippen MR) is 251 cm³/mol. The molecule has 62 heavy (non-hydrogen) atoms. The number of likely N-dealkylation sites (N-methyl/N-ethyl adjacent to an activating group) is 1. The van der Waals surface area contributed by atoms with E-state index in [1.54, 1.807) is 0 Å². The first-order valence-corrected chi connectivity index (χ1v) is 25.8. The fourth-order valence-corrected chi connectivity index (χ4v) is 8.97. The highest BCUT2D eigenvalue weighted by Gasteiger charge is 2.21.